The lowest BCUT2D eigenvalue weighted by Crippen LogP contribution is -1.83. The second-order valence-electron chi connectivity index (χ2n) is 7.49. The van der Waals surface area contributed by atoms with Crippen LogP contribution < -0.4 is 0 Å². The monoisotopic (exact) mass is 506 g/mol. The molecule has 0 aromatic heterocycles. The average molecular weight is 507 g/mol. The first-order chi connectivity index (χ1) is 16.5. The van der Waals surface area contributed by atoms with E-state index in [1.807, 2.05) is 73.6 Å². The number of aryl methyl sites for hydroxylation is 1. The number of benzene rings is 1. The Labute approximate surface area is 230 Å². The smallest absolute Gasteiger partial charge is 0.00462 e. The fraction of sp³-hybridized carbons (Fsp3) is 0.588. The summed E-state index contributed by atoms with van der Waals surface area (Å²) in [5.41, 5.74) is 6.36. The summed E-state index contributed by atoms with van der Waals surface area (Å²) < 4.78 is 0. The molecule has 0 N–H and O–H groups in total. The van der Waals surface area contributed by atoms with Crippen LogP contribution in [0.2, 0.25) is 0 Å². The molecule has 2 rings (SSSR count). The Morgan fingerprint density at radius 3 is 1.34 bits per heavy atom. The van der Waals surface area contributed by atoms with Crippen molar-refractivity contribution in [3.63, 3.8) is 0 Å². The zero-order valence-electron chi connectivity index (χ0n) is 26.9. The number of allylic oxidation sites excluding steroid dienone is 5. The molecule has 1 atom stereocenters. The topological polar surface area (TPSA) is 0 Å². The highest BCUT2D eigenvalue weighted by Gasteiger charge is 2.10. The van der Waals surface area contributed by atoms with Crippen molar-refractivity contribution in [3.8, 4) is 0 Å². The Hall–Kier alpha value is -1.47. The highest BCUT2D eigenvalue weighted by molar-refractivity contribution is 7.80. The van der Waals surface area contributed by atoms with Crippen LogP contribution >= 0.6 is 12.6 Å². The molecule has 0 spiro atoms. The summed E-state index contributed by atoms with van der Waals surface area (Å²) in [6.07, 6.45) is 8.96. The molecule has 1 heteroatoms. The first-order valence-electron chi connectivity index (χ1n) is 13.9. The maximum absolute atomic E-state index is 4.25. The Morgan fingerprint density at radius 1 is 0.886 bits per heavy atom. The highest BCUT2D eigenvalue weighted by Crippen LogP contribution is 2.25. The molecule has 1 aromatic rings. The third kappa shape index (κ3) is 46.5. The molecule has 1 aliphatic rings. The van der Waals surface area contributed by atoms with Gasteiger partial charge in [-0.15, -0.1) is 25.8 Å². The Kier molecular flexibility index (Phi) is 53.1. The van der Waals surface area contributed by atoms with E-state index in [0.29, 0.717) is 0 Å². The van der Waals surface area contributed by atoms with Gasteiger partial charge in [-0.2, -0.15) is 0 Å². The van der Waals surface area contributed by atoms with Gasteiger partial charge in [-0.25, -0.2) is 0 Å². The van der Waals surface area contributed by atoms with E-state index in [2.05, 4.69) is 93.0 Å². The van der Waals surface area contributed by atoms with E-state index in [1.165, 1.54) is 29.5 Å². The number of thiol groups is 1. The van der Waals surface area contributed by atoms with Crippen molar-refractivity contribution in [3.05, 3.63) is 72.4 Å². The lowest BCUT2D eigenvalue weighted by atomic mass is 10.0. The first kappa shape index (κ1) is 46.8. The molecular formula is C34H66S. The minimum atomic E-state index is 0.843. The summed E-state index contributed by atoms with van der Waals surface area (Å²) in [6.45, 7) is 42.0. The van der Waals surface area contributed by atoms with Crippen molar-refractivity contribution in [1.29, 1.82) is 0 Å². The number of hydrogen-bond acceptors (Lipinski definition) is 1. The van der Waals surface area contributed by atoms with E-state index >= 15 is 0 Å². The minimum Gasteiger partial charge on any atom is -0.143 e. The predicted octanol–water partition coefficient (Wildman–Crippen LogP) is 13.3. The van der Waals surface area contributed by atoms with Crippen LogP contribution in [0.3, 0.4) is 0 Å². The molecule has 1 aliphatic carbocycles. The number of unbranched alkanes of at least 4 members (excludes halogenated alkanes) is 1. The van der Waals surface area contributed by atoms with Crippen LogP contribution in [0.4, 0.5) is 0 Å². The molecule has 35 heavy (non-hydrogen) atoms. The van der Waals surface area contributed by atoms with Gasteiger partial charge in [-0.3, -0.25) is 0 Å². The Balaban J connectivity index is -0.0000000756. The van der Waals surface area contributed by atoms with Crippen LogP contribution in [-0.4, -0.2) is 0 Å². The molecule has 0 bridgehead atoms. The van der Waals surface area contributed by atoms with Gasteiger partial charge in [0.15, 0.2) is 0 Å². The maximum atomic E-state index is 4.25. The molecular weight excluding hydrogens is 440 g/mol. The average Bonchev–Trinajstić information content (AvgIpc) is 3.56. The van der Waals surface area contributed by atoms with Crippen LogP contribution in [-0.2, 0) is 0 Å². The number of hydrogen-bond donors (Lipinski definition) is 1. The Morgan fingerprint density at radius 2 is 1.20 bits per heavy atom. The minimum absolute atomic E-state index is 0.843. The molecule has 0 amide bonds. The van der Waals surface area contributed by atoms with Gasteiger partial charge in [-0.05, 0) is 69.7 Å². The van der Waals surface area contributed by atoms with Crippen molar-refractivity contribution in [2.24, 2.45) is 5.92 Å². The van der Waals surface area contributed by atoms with Crippen LogP contribution in [0.1, 0.15) is 134 Å². The zero-order valence-corrected chi connectivity index (χ0v) is 27.8. The van der Waals surface area contributed by atoms with Crippen LogP contribution in [0.15, 0.2) is 66.1 Å². The summed E-state index contributed by atoms with van der Waals surface area (Å²) in [4.78, 5) is 0.994. The van der Waals surface area contributed by atoms with E-state index in [1.54, 1.807) is 5.57 Å². The maximum Gasteiger partial charge on any atom is 0.00462 e. The van der Waals surface area contributed by atoms with Crippen molar-refractivity contribution in [2.45, 2.75) is 134 Å². The summed E-state index contributed by atoms with van der Waals surface area (Å²) in [5, 5.41) is 0. The lowest BCUT2D eigenvalue weighted by molar-refractivity contribution is 0.886. The molecule has 0 fully saturated rings. The zero-order chi connectivity index (χ0) is 29.4. The third-order valence-electron chi connectivity index (χ3n) is 4.20. The standard InChI is InChI=1S/C10H12S.C5H8.C5H10.C4H10.C4H8.3C2H6/c1-7(2)10-6-9(11)5-4-8(10)3;1-4-3-5(4)2;1-4-5(2)3;2*1-3-4-2;3*1-2/h4-6,11H,1H2,2-3H3;3-4H,1-2H3;2,4H2,1,3H3;3-4H2,1-2H3;3H,1,4H2,2H3;3*1-2H3. The third-order valence-corrected chi connectivity index (χ3v) is 4.47. The Bertz CT molecular complexity index is 603. The van der Waals surface area contributed by atoms with E-state index in [-0.39, 0.29) is 0 Å². The van der Waals surface area contributed by atoms with E-state index in [4.69, 9.17) is 0 Å². The predicted molar refractivity (Wildman–Crippen MR) is 176 cm³/mol. The van der Waals surface area contributed by atoms with Gasteiger partial charge >= 0.3 is 0 Å². The van der Waals surface area contributed by atoms with Gasteiger partial charge in [0.1, 0.15) is 0 Å². The quantitative estimate of drug-likeness (QED) is 0.304. The van der Waals surface area contributed by atoms with Crippen LogP contribution in [0.5, 0.6) is 0 Å². The number of rotatable bonds is 4. The second-order valence-corrected chi connectivity index (χ2v) is 8.00. The largest absolute Gasteiger partial charge is 0.143 e. The summed E-state index contributed by atoms with van der Waals surface area (Å²) in [6, 6.07) is 6.10. The molecule has 0 radical (unpaired) electrons. The van der Waals surface area contributed by atoms with Crippen LogP contribution in [0.25, 0.3) is 5.57 Å². The molecule has 0 heterocycles. The summed E-state index contributed by atoms with van der Waals surface area (Å²) in [5.74, 6) is 0.843. The van der Waals surface area contributed by atoms with Gasteiger partial charge in [0.05, 0.1) is 0 Å². The second kappa shape index (κ2) is 39.7. The van der Waals surface area contributed by atoms with Crippen molar-refractivity contribution in [2.75, 3.05) is 0 Å². The van der Waals surface area contributed by atoms with Gasteiger partial charge in [0, 0.05) is 4.90 Å². The first-order valence-corrected chi connectivity index (χ1v) is 14.4. The normalized spacial score (nSPS) is 11.0. The van der Waals surface area contributed by atoms with Crippen LogP contribution in [0, 0.1) is 12.8 Å². The van der Waals surface area contributed by atoms with E-state index < -0.39 is 0 Å². The molecule has 208 valence electrons. The van der Waals surface area contributed by atoms with Gasteiger partial charge in [0.2, 0.25) is 0 Å². The van der Waals surface area contributed by atoms with Crippen molar-refractivity contribution >= 4 is 18.2 Å². The fourth-order valence-electron chi connectivity index (χ4n) is 1.42. The highest BCUT2D eigenvalue weighted by atomic mass is 32.1. The van der Waals surface area contributed by atoms with E-state index in [9.17, 15) is 0 Å². The van der Waals surface area contributed by atoms with Gasteiger partial charge < -0.3 is 0 Å². The fourth-order valence-corrected chi connectivity index (χ4v) is 1.62. The molecule has 0 aliphatic heterocycles. The molecule has 0 nitrogen and oxygen atoms in total. The lowest BCUT2D eigenvalue weighted by Gasteiger charge is -2.04. The SMILES string of the molecule is C=C(C)CC.C=C(C)c1cc(S)ccc1C.C=CCC.CC.CC.CC.CC1=CC1C.CCCC. The van der Waals surface area contributed by atoms with Crippen molar-refractivity contribution in [1.82, 2.24) is 0 Å². The summed E-state index contributed by atoms with van der Waals surface area (Å²) in [7, 11) is 0. The summed E-state index contributed by atoms with van der Waals surface area (Å²) >= 11 is 4.25. The van der Waals surface area contributed by atoms with Gasteiger partial charge in [0.25, 0.3) is 0 Å². The van der Waals surface area contributed by atoms with Gasteiger partial charge in [-0.1, -0.05) is 131 Å². The molecule has 0 saturated carbocycles. The molecule has 1 aromatic carbocycles. The van der Waals surface area contributed by atoms with Crippen molar-refractivity contribution < 1.29 is 0 Å². The molecule has 0 saturated heterocycles. The van der Waals surface area contributed by atoms with E-state index in [0.717, 1.165) is 29.2 Å². The molecule has 1 unspecified atom stereocenters.